The minimum absolute atomic E-state index is 0.00272. The van der Waals surface area contributed by atoms with Crippen molar-refractivity contribution in [3.8, 4) is 16.9 Å². The molecule has 0 aliphatic heterocycles. The molecule has 88 valence electrons. The summed E-state index contributed by atoms with van der Waals surface area (Å²) in [6.07, 6.45) is 2.88. The molecule has 17 heavy (non-hydrogen) atoms. The molecule has 2 rings (SSSR count). The quantitative estimate of drug-likeness (QED) is 0.673. The summed E-state index contributed by atoms with van der Waals surface area (Å²) in [7, 11) is 1.53. The van der Waals surface area contributed by atoms with Crippen molar-refractivity contribution >= 4 is 17.3 Å². The standard InChI is InChI=1S/C11H9ClN2O3/c1-17-7-2-3-8(10(12)4-7)9-5-13-6-11(9)14(15)16/h2-6,13H,1H3. The molecule has 6 heteroatoms. The third-order valence-corrected chi connectivity index (χ3v) is 2.70. The Morgan fingerprint density at radius 2 is 2.12 bits per heavy atom. The van der Waals surface area contributed by atoms with Gasteiger partial charge in [0.2, 0.25) is 0 Å². The number of ether oxygens (including phenoxy) is 1. The van der Waals surface area contributed by atoms with Crippen LogP contribution in [0.3, 0.4) is 0 Å². The molecule has 0 fully saturated rings. The van der Waals surface area contributed by atoms with E-state index in [1.165, 1.54) is 13.3 Å². The molecule has 0 spiro atoms. The number of nitrogens with one attached hydrogen (secondary N) is 1. The van der Waals surface area contributed by atoms with E-state index in [0.717, 1.165) is 0 Å². The lowest BCUT2D eigenvalue weighted by Crippen LogP contribution is -1.89. The topological polar surface area (TPSA) is 68.2 Å². The van der Waals surface area contributed by atoms with Crippen LogP contribution in [0.5, 0.6) is 5.75 Å². The molecule has 1 aromatic carbocycles. The van der Waals surface area contributed by atoms with Gasteiger partial charge in [-0.15, -0.1) is 0 Å². The average Bonchev–Trinajstić information content (AvgIpc) is 2.77. The van der Waals surface area contributed by atoms with E-state index >= 15 is 0 Å². The molecule has 1 N–H and O–H groups in total. The van der Waals surface area contributed by atoms with Crippen LogP contribution < -0.4 is 4.74 Å². The number of H-pyrrole nitrogens is 1. The second-order valence-corrected chi connectivity index (χ2v) is 3.76. The summed E-state index contributed by atoms with van der Waals surface area (Å²) in [6.45, 7) is 0. The zero-order valence-electron chi connectivity index (χ0n) is 8.94. The Balaban J connectivity index is 2.53. The molecule has 5 nitrogen and oxygen atoms in total. The third kappa shape index (κ3) is 2.09. The molecular formula is C11H9ClN2O3. The smallest absolute Gasteiger partial charge is 0.294 e. The van der Waals surface area contributed by atoms with E-state index in [9.17, 15) is 10.1 Å². The molecule has 0 aliphatic rings. The highest BCUT2D eigenvalue weighted by atomic mass is 35.5. The Morgan fingerprint density at radius 1 is 1.35 bits per heavy atom. The second-order valence-electron chi connectivity index (χ2n) is 3.36. The van der Waals surface area contributed by atoms with Gasteiger partial charge in [0.15, 0.2) is 0 Å². The van der Waals surface area contributed by atoms with Crippen LogP contribution in [0.2, 0.25) is 5.02 Å². The van der Waals surface area contributed by atoms with Gasteiger partial charge in [-0.1, -0.05) is 11.6 Å². The van der Waals surface area contributed by atoms with Gasteiger partial charge in [-0.2, -0.15) is 0 Å². The molecule has 0 radical (unpaired) electrons. The Kier molecular flexibility index (Phi) is 3.01. The van der Waals surface area contributed by atoms with Crippen LogP contribution in [-0.2, 0) is 0 Å². The number of benzene rings is 1. The van der Waals surface area contributed by atoms with Crippen molar-refractivity contribution in [1.82, 2.24) is 4.98 Å². The maximum atomic E-state index is 10.8. The summed E-state index contributed by atoms with van der Waals surface area (Å²) in [5.74, 6) is 0.608. The zero-order valence-corrected chi connectivity index (χ0v) is 9.69. The van der Waals surface area contributed by atoms with E-state index in [1.807, 2.05) is 0 Å². The molecule has 0 saturated heterocycles. The number of rotatable bonds is 3. The first-order chi connectivity index (χ1) is 8.13. The fourth-order valence-corrected chi connectivity index (χ4v) is 1.84. The zero-order chi connectivity index (χ0) is 12.4. The van der Waals surface area contributed by atoms with Crippen LogP contribution in [0.25, 0.3) is 11.1 Å². The molecule has 0 bridgehead atoms. The fourth-order valence-electron chi connectivity index (χ4n) is 1.56. The van der Waals surface area contributed by atoms with Gasteiger partial charge < -0.3 is 9.72 Å². The highest BCUT2D eigenvalue weighted by Crippen LogP contribution is 2.36. The van der Waals surface area contributed by atoms with Crippen molar-refractivity contribution in [3.63, 3.8) is 0 Å². The molecule has 0 aliphatic carbocycles. The number of hydrogen-bond donors (Lipinski definition) is 1. The lowest BCUT2D eigenvalue weighted by atomic mass is 10.1. The summed E-state index contributed by atoms with van der Waals surface area (Å²) in [5.41, 5.74) is 1.06. The number of nitro groups is 1. The van der Waals surface area contributed by atoms with Crippen molar-refractivity contribution in [1.29, 1.82) is 0 Å². The van der Waals surface area contributed by atoms with Gasteiger partial charge in [0.1, 0.15) is 5.75 Å². The summed E-state index contributed by atoms with van der Waals surface area (Å²) >= 11 is 6.06. The summed E-state index contributed by atoms with van der Waals surface area (Å²) in [5, 5.41) is 11.2. The molecule has 0 atom stereocenters. The summed E-state index contributed by atoms with van der Waals surface area (Å²) in [4.78, 5) is 13.1. The monoisotopic (exact) mass is 252 g/mol. The van der Waals surface area contributed by atoms with Gasteiger partial charge >= 0.3 is 0 Å². The third-order valence-electron chi connectivity index (χ3n) is 2.39. The van der Waals surface area contributed by atoms with E-state index in [2.05, 4.69) is 4.98 Å². The molecule has 0 unspecified atom stereocenters. The number of halogens is 1. The van der Waals surface area contributed by atoms with Crippen LogP contribution in [0, 0.1) is 10.1 Å². The van der Waals surface area contributed by atoms with Crippen molar-refractivity contribution in [2.24, 2.45) is 0 Å². The van der Waals surface area contributed by atoms with Gasteiger partial charge in [-0.25, -0.2) is 0 Å². The predicted molar refractivity (Wildman–Crippen MR) is 64.4 cm³/mol. The number of methoxy groups -OCH3 is 1. The predicted octanol–water partition coefficient (Wildman–Crippen LogP) is 3.25. The van der Waals surface area contributed by atoms with Gasteiger partial charge in [0.25, 0.3) is 5.69 Å². The average molecular weight is 253 g/mol. The van der Waals surface area contributed by atoms with E-state index in [4.69, 9.17) is 16.3 Å². The largest absolute Gasteiger partial charge is 0.497 e. The lowest BCUT2D eigenvalue weighted by molar-refractivity contribution is -0.384. The van der Waals surface area contributed by atoms with Crippen LogP contribution in [0.4, 0.5) is 5.69 Å². The van der Waals surface area contributed by atoms with E-state index < -0.39 is 4.92 Å². The number of aromatic amines is 1. The van der Waals surface area contributed by atoms with Crippen LogP contribution >= 0.6 is 11.6 Å². The highest BCUT2D eigenvalue weighted by Gasteiger charge is 2.18. The van der Waals surface area contributed by atoms with Crippen molar-refractivity contribution in [3.05, 3.63) is 45.7 Å². The number of aromatic nitrogens is 1. The minimum Gasteiger partial charge on any atom is -0.497 e. The Bertz CT molecular complexity index is 566. The van der Waals surface area contributed by atoms with Crippen LogP contribution in [-0.4, -0.2) is 17.0 Å². The van der Waals surface area contributed by atoms with Crippen LogP contribution in [0.15, 0.2) is 30.6 Å². The normalized spacial score (nSPS) is 10.2. The van der Waals surface area contributed by atoms with Crippen molar-refractivity contribution in [2.75, 3.05) is 7.11 Å². The van der Waals surface area contributed by atoms with Gasteiger partial charge in [0, 0.05) is 11.8 Å². The maximum absolute atomic E-state index is 10.8. The molecular weight excluding hydrogens is 244 g/mol. The first-order valence-corrected chi connectivity index (χ1v) is 5.16. The maximum Gasteiger partial charge on any atom is 0.294 e. The Morgan fingerprint density at radius 3 is 2.71 bits per heavy atom. The van der Waals surface area contributed by atoms with E-state index in [0.29, 0.717) is 21.9 Å². The van der Waals surface area contributed by atoms with Crippen LogP contribution in [0.1, 0.15) is 0 Å². The van der Waals surface area contributed by atoms with Gasteiger partial charge in [0.05, 0.1) is 28.8 Å². The first-order valence-electron chi connectivity index (χ1n) is 4.78. The van der Waals surface area contributed by atoms with Crippen molar-refractivity contribution in [2.45, 2.75) is 0 Å². The van der Waals surface area contributed by atoms with E-state index in [-0.39, 0.29) is 5.69 Å². The van der Waals surface area contributed by atoms with Gasteiger partial charge in [-0.3, -0.25) is 10.1 Å². The Labute approximate surface area is 102 Å². The second kappa shape index (κ2) is 4.47. The molecule has 0 saturated carbocycles. The summed E-state index contributed by atoms with van der Waals surface area (Å²) in [6, 6.07) is 5.02. The number of nitrogens with zero attached hydrogens (tertiary/aromatic N) is 1. The molecule has 1 aromatic heterocycles. The minimum atomic E-state index is -0.452. The highest BCUT2D eigenvalue weighted by molar-refractivity contribution is 6.33. The summed E-state index contributed by atoms with van der Waals surface area (Å²) < 4.78 is 5.02. The Hall–Kier alpha value is -2.01. The lowest BCUT2D eigenvalue weighted by Gasteiger charge is -2.04. The van der Waals surface area contributed by atoms with Gasteiger partial charge in [-0.05, 0) is 18.2 Å². The van der Waals surface area contributed by atoms with Crippen molar-refractivity contribution < 1.29 is 9.66 Å². The fraction of sp³-hybridized carbons (Fsp3) is 0.0909. The number of hydrogen-bond acceptors (Lipinski definition) is 3. The molecule has 1 heterocycles. The SMILES string of the molecule is COc1ccc(-c2c[nH]cc2[N+](=O)[O-])c(Cl)c1. The molecule has 0 amide bonds. The molecule has 2 aromatic rings. The first kappa shape index (κ1) is 11.5. The van der Waals surface area contributed by atoms with E-state index in [1.54, 1.807) is 24.4 Å².